The molecule has 0 bridgehead atoms. The van der Waals surface area contributed by atoms with Crippen LogP contribution in [-0.4, -0.2) is 61.5 Å². The quantitative estimate of drug-likeness (QED) is 0.394. The summed E-state index contributed by atoms with van der Waals surface area (Å²) in [4.78, 5) is 42.4. The molecule has 1 aliphatic rings. The third kappa shape index (κ3) is 6.92. The third-order valence-electron chi connectivity index (χ3n) is 6.68. The van der Waals surface area contributed by atoms with Crippen molar-refractivity contribution in [1.82, 2.24) is 10.2 Å². The summed E-state index contributed by atoms with van der Waals surface area (Å²) in [6, 6.07) is 19.8. The molecule has 1 N–H and O–H groups in total. The van der Waals surface area contributed by atoms with E-state index in [1.165, 1.54) is 5.56 Å². The van der Waals surface area contributed by atoms with Crippen LogP contribution in [0.3, 0.4) is 0 Å². The molecule has 2 aromatic carbocycles. The van der Waals surface area contributed by atoms with Gasteiger partial charge in [0.1, 0.15) is 5.54 Å². The summed E-state index contributed by atoms with van der Waals surface area (Å²) in [6.07, 6.45) is 2.96. The average Bonchev–Trinajstić information content (AvgIpc) is 2.91. The zero-order valence-electron chi connectivity index (χ0n) is 20.9. The molecule has 1 aliphatic heterocycles. The van der Waals surface area contributed by atoms with Crippen molar-refractivity contribution in [3.63, 3.8) is 0 Å². The number of carbonyl (C=O) groups excluding carboxylic acids is 3. The van der Waals surface area contributed by atoms with Crippen molar-refractivity contribution in [3.05, 3.63) is 66.2 Å². The Balaban J connectivity index is 1.77. The zero-order valence-corrected chi connectivity index (χ0v) is 20.9. The molecule has 0 radical (unpaired) electrons. The van der Waals surface area contributed by atoms with Crippen molar-refractivity contribution in [2.75, 3.05) is 38.2 Å². The molecule has 2 amide bonds. The first-order valence-electron chi connectivity index (χ1n) is 12.5. The van der Waals surface area contributed by atoms with E-state index in [4.69, 9.17) is 4.74 Å². The molecule has 1 saturated heterocycles. The minimum atomic E-state index is -1.06. The highest BCUT2D eigenvalue weighted by Gasteiger charge is 2.50. The maximum Gasteiger partial charge on any atom is 0.332 e. The Bertz CT molecular complexity index is 957. The highest BCUT2D eigenvalue weighted by molar-refractivity contribution is 6.02. The van der Waals surface area contributed by atoms with Gasteiger partial charge >= 0.3 is 5.97 Å². The van der Waals surface area contributed by atoms with Gasteiger partial charge in [-0.15, -0.1) is 0 Å². The van der Waals surface area contributed by atoms with Gasteiger partial charge in [0.15, 0.2) is 0 Å². The summed E-state index contributed by atoms with van der Waals surface area (Å²) in [5.74, 6) is -0.575. The van der Waals surface area contributed by atoms with Gasteiger partial charge in [-0.05, 0) is 43.4 Å². The maximum atomic E-state index is 13.6. The van der Waals surface area contributed by atoms with Crippen LogP contribution in [-0.2, 0) is 25.5 Å². The molecule has 0 aromatic heterocycles. The lowest BCUT2D eigenvalue weighted by Gasteiger charge is -2.46. The standard InChI is InChI=1S/C28H37N3O4/c1-3-26(33)31(24-13-8-5-9-14-24)28(27(34)35-22-10-15-25(32)29-2)17-20-30(21-18-28)19-16-23-11-6-4-7-12-23/h4-9,11-14H,3,10,15-22H2,1-2H3,(H,29,32). The summed E-state index contributed by atoms with van der Waals surface area (Å²) >= 11 is 0. The fraction of sp³-hybridized carbons (Fsp3) is 0.464. The van der Waals surface area contributed by atoms with Crippen molar-refractivity contribution in [1.29, 1.82) is 0 Å². The summed E-state index contributed by atoms with van der Waals surface area (Å²) in [6.45, 7) is 4.25. The molecule has 0 atom stereocenters. The van der Waals surface area contributed by atoms with Crippen LogP contribution in [0.2, 0.25) is 0 Å². The van der Waals surface area contributed by atoms with E-state index in [9.17, 15) is 14.4 Å². The van der Waals surface area contributed by atoms with Gasteiger partial charge in [-0.2, -0.15) is 0 Å². The Morgan fingerprint density at radius 2 is 1.63 bits per heavy atom. The number of nitrogens with one attached hydrogen (secondary N) is 1. The Kier molecular flexibility index (Phi) is 9.85. The number of hydrogen-bond donors (Lipinski definition) is 1. The number of para-hydroxylation sites is 1. The van der Waals surface area contributed by atoms with Gasteiger partial charge in [0.2, 0.25) is 11.8 Å². The first-order chi connectivity index (χ1) is 17.0. The molecule has 0 spiro atoms. The number of benzene rings is 2. The second-order valence-corrected chi connectivity index (χ2v) is 8.94. The molecule has 0 saturated carbocycles. The summed E-state index contributed by atoms with van der Waals surface area (Å²) in [5.41, 5.74) is 0.927. The summed E-state index contributed by atoms with van der Waals surface area (Å²) in [7, 11) is 1.59. The molecule has 1 heterocycles. The number of nitrogens with zero attached hydrogens (tertiary/aromatic N) is 2. The van der Waals surface area contributed by atoms with Crippen molar-refractivity contribution in [2.45, 2.75) is 51.0 Å². The lowest BCUT2D eigenvalue weighted by atomic mass is 9.84. The lowest BCUT2D eigenvalue weighted by molar-refractivity contribution is -0.154. The lowest BCUT2D eigenvalue weighted by Crippen LogP contribution is -2.63. The van der Waals surface area contributed by atoms with Crippen LogP contribution < -0.4 is 10.2 Å². The van der Waals surface area contributed by atoms with E-state index in [1.807, 2.05) is 55.5 Å². The average molecular weight is 480 g/mol. The molecule has 0 aliphatic carbocycles. The van der Waals surface area contributed by atoms with Crippen molar-refractivity contribution in [2.24, 2.45) is 0 Å². The van der Waals surface area contributed by atoms with Gasteiger partial charge < -0.3 is 15.0 Å². The van der Waals surface area contributed by atoms with E-state index in [2.05, 4.69) is 22.3 Å². The molecular formula is C28H37N3O4. The zero-order chi connectivity index (χ0) is 25.1. The number of likely N-dealkylation sites (tertiary alicyclic amines) is 1. The number of anilines is 1. The van der Waals surface area contributed by atoms with E-state index in [1.54, 1.807) is 11.9 Å². The maximum absolute atomic E-state index is 13.6. The van der Waals surface area contributed by atoms with Gasteiger partial charge in [0.25, 0.3) is 0 Å². The minimum absolute atomic E-state index is 0.0884. The molecule has 188 valence electrons. The molecule has 2 aromatic rings. The smallest absolute Gasteiger partial charge is 0.332 e. The molecule has 7 heteroatoms. The molecule has 1 fully saturated rings. The SMILES string of the molecule is CCC(=O)N(c1ccccc1)C1(C(=O)OCCCC(=O)NC)CCN(CCc2ccccc2)CC1. The van der Waals surface area contributed by atoms with Gasteiger partial charge in [-0.3, -0.25) is 14.5 Å². The van der Waals surface area contributed by atoms with E-state index in [0.717, 1.165) is 13.0 Å². The van der Waals surface area contributed by atoms with Crippen LogP contribution in [0.1, 0.15) is 44.6 Å². The number of amides is 2. The molecule has 0 unspecified atom stereocenters. The Morgan fingerprint density at radius 3 is 2.23 bits per heavy atom. The number of rotatable bonds is 11. The molecule has 3 rings (SSSR count). The third-order valence-corrected chi connectivity index (χ3v) is 6.68. The fourth-order valence-electron chi connectivity index (χ4n) is 4.62. The van der Waals surface area contributed by atoms with E-state index in [0.29, 0.717) is 44.5 Å². The predicted octanol–water partition coefficient (Wildman–Crippen LogP) is 3.58. The first kappa shape index (κ1) is 26.4. The second kappa shape index (κ2) is 13.0. The first-order valence-corrected chi connectivity index (χ1v) is 12.5. The fourth-order valence-corrected chi connectivity index (χ4v) is 4.62. The number of piperidine rings is 1. The molecular weight excluding hydrogens is 442 g/mol. The number of carbonyl (C=O) groups is 3. The summed E-state index contributed by atoms with van der Waals surface area (Å²) in [5, 5.41) is 2.58. The largest absolute Gasteiger partial charge is 0.464 e. The van der Waals surface area contributed by atoms with Gasteiger partial charge in [-0.1, -0.05) is 55.5 Å². The number of ether oxygens (including phenoxy) is 1. The minimum Gasteiger partial charge on any atom is -0.464 e. The molecule has 7 nitrogen and oxygen atoms in total. The van der Waals surface area contributed by atoms with E-state index >= 15 is 0 Å². The van der Waals surface area contributed by atoms with Crippen LogP contribution in [0.4, 0.5) is 5.69 Å². The van der Waals surface area contributed by atoms with Crippen LogP contribution in [0.5, 0.6) is 0 Å². The highest BCUT2D eigenvalue weighted by atomic mass is 16.5. The highest BCUT2D eigenvalue weighted by Crippen LogP contribution is 2.35. The number of esters is 1. The van der Waals surface area contributed by atoms with Crippen LogP contribution >= 0.6 is 0 Å². The van der Waals surface area contributed by atoms with Crippen molar-refractivity contribution >= 4 is 23.5 Å². The van der Waals surface area contributed by atoms with Crippen LogP contribution in [0, 0.1) is 0 Å². The topological polar surface area (TPSA) is 78.9 Å². The number of hydrogen-bond acceptors (Lipinski definition) is 5. The van der Waals surface area contributed by atoms with Crippen molar-refractivity contribution in [3.8, 4) is 0 Å². The van der Waals surface area contributed by atoms with Crippen LogP contribution in [0.25, 0.3) is 0 Å². The normalized spacial score (nSPS) is 15.3. The van der Waals surface area contributed by atoms with E-state index < -0.39 is 5.54 Å². The van der Waals surface area contributed by atoms with E-state index in [-0.39, 0.29) is 30.8 Å². The second-order valence-electron chi connectivity index (χ2n) is 8.94. The van der Waals surface area contributed by atoms with Gasteiger partial charge in [0, 0.05) is 45.2 Å². The monoisotopic (exact) mass is 479 g/mol. The van der Waals surface area contributed by atoms with Crippen molar-refractivity contribution < 1.29 is 19.1 Å². The predicted molar refractivity (Wildman–Crippen MR) is 137 cm³/mol. The Hall–Kier alpha value is -3.19. The van der Waals surface area contributed by atoms with Gasteiger partial charge in [0.05, 0.1) is 6.61 Å². The van der Waals surface area contributed by atoms with Gasteiger partial charge in [-0.25, -0.2) is 4.79 Å². The Labute approximate surface area is 208 Å². The summed E-state index contributed by atoms with van der Waals surface area (Å²) < 4.78 is 5.71. The molecule has 35 heavy (non-hydrogen) atoms. The Morgan fingerprint density at radius 1 is 1.00 bits per heavy atom. The van der Waals surface area contributed by atoms with Crippen LogP contribution in [0.15, 0.2) is 60.7 Å².